The molecule has 1 atom stereocenters. The molecule has 7 nitrogen and oxygen atoms in total. The van der Waals surface area contributed by atoms with Crippen LogP contribution in [0.1, 0.15) is 40.0 Å². The molecule has 0 aliphatic carbocycles. The van der Waals surface area contributed by atoms with Gasteiger partial charge in [0.25, 0.3) is 5.91 Å². The van der Waals surface area contributed by atoms with Gasteiger partial charge in [-0.15, -0.1) is 0 Å². The third-order valence-electron chi connectivity index (χ3n) is 5.33. The highest BCUT2D eigenvalue weighted by Gasteiger charge is 2.21. The normalized spacial score (nSPS) is 13.7. The number of hydrogen-bond donors (Lipinski definition) is 3. The molecular weight excluding hydrogens is 426 g/mol. The Balaban J connectivity index is 1.40. The number of benzene rings is 3. The molecular formula is C24H23N3O4S. The number of rotatable bonds is 6. The molecule has 3 aromatic carbocycles. The average molecular weight is 450 g/mol. The molecule has 0 bridgehead atoms. The summed E-state index contributed by atoms with van der Waals surface area (Å²) in [6, 6.07) is 20.2. The lowest BCUT2D eigenvalue weighted by Crippen LogP contribution is -2.31. The van der Waals surface area contributed by atoms with Crippen molar-refractivity contribution < 1.29 is 18.0 Å². The number of carbonyl (C=O) groups excluding carboxylic acids is 2. The summed E-state index contributed by atoms with van der Waals surface area (Å²) in [7, 11) is -3.61. The highest BCUT2D eigenvalue weighted by atomic mass is 32.2. The highest BCUT2D eigenvalue weighted by molar-refractivity contribution is 7.90. The van der Waals surface area contributed by atoms with Crippen molar-refractivity contribution >= 4 is 27.5 Å². The van der Waals surface area contributed by atoms with Gasteiger partial charge in [0.05, 0.1) is 16.7 Å². The van der Waals surface area contributed by atoms with Gasteiger partial charge in [0, 0.05) is 17.8 Å². The summed E-state index contributed by atoms with van der Waals surface area (Å²) in [6.45, 7) is 2.35. The number of fused-ring (bicyclic) bond motifs is 1. The van der Waals surface area contributed by atoms with Crippen molar-refractivity contribution in [2.45, 2.75) is 30.2 Å². The van der Waals surface area contributed by atoms with Gasteiger partial charge in [-0.2, -0.15) is 0 Å². The minimum absolute atomic E-state index is 0.145. The lowest BCUT2D eigenvalue weighted by atomic mass is 10.1. The SMILES string of the molecule is CC(NC(=O)Nc1ccc(S(=O)(=O)Cc2ccc3c(c2)C(=O)NC3)cc1)c1ccccc1. The second-order valence-corrected chi connectivity index (χ2v) is 9.68. The van der Waals surface area contributed by atoms with Crippen molar-refractivity contribution in [2.24, 2.45) is 0 Å². The first-order valence-corrected chi connectivity index (χ1v) is 11.8. The van der Waals surface area contributed by atoms with Gasteiger partial charge in [0.1, 0.15) is 0 Å². The van der Waals surface area contributed by atoms with E-state index in [1.165, 1.54) is 12.1 Å². The highest BCUT2D eigenvalue weighted by Crippen LogP contribution is 2.22. The van der Waals surface area contributed by atoms with E-state index in [2.05, 4.69) is 16.0 Å². The first kappa shape index (κ1) is 21.6. The fourth-order valence-electron chi connectivity index (χ4n) is 3.59. The molecule has 0 spiro atoms. The van der Waals surface area contributed by atoms with Crippen LogP contribution in [0.2, 0.25) is 0 Å². The van der Waals surface area contributed by atoms with E-state index in [-0.39, 0.29) is 28.6 Å². The second kappa shape index (κ2) is 8.84. The van der Waals surface area contributed by atoms with Crippen LogP contribution in [0.15, 0.2) is 77.7 Å². The first-order valence-electron chi connectivity index (χ1n) is 10.2. The molecule has 3 N–H and O–H groups in total. The summed E-state index contributed by atoms with van der Waals surface area (Å²) in [5.41, 5.74) is 3.40. The van der Waals surface area contributed by atoms with Gasteiger partial charge in [0.15, 0.2) is 9.84 Å². The van der Waals surface area contributed by atoms with Crippen LogP contribution in [0.3, 0.4) is 0 Å². The lowest BCUT2D eigenvalue weighted by Gasteiger charge is -2.15. The Kier molecular flexibility index (Phi) is 5.96. The van der Waals surface area contributed by atoms with Gasteiger partial charge >= 0.3 is 6.03 Å². The molecule has 0 saturated carbocycles. The van der Waals surface area contributed by atoms with E-state index in [4.69, 9.17) is 0 Å². The van der Waals surface area contributed by atoms with Gasteiger partial charge in [-0.05, 0) is 53.9 Å². The number of nitrogens with one attached hydrogen (secondary N) is 3. The number of sulfone groups is 1. The first-order chi connectivity index (χ1) is 15.3. The Morgan fingerprint density at radius 1 is 1.03 bits per heavy atom. The zero-order valence-corrected chi connectivity index (χ0v) is 18.3. The Bertz CT molecular complexity index is 1260. The van der Waals surface area contributed by atoms with Gasteiger partial charge in [-0.1, -0.05) is 42.5 Å². The number of urea groups is 1. The second-order valence-electron chi connectivity index (χ2n) is 7.69. The van der Waals surface area contributed by atoms with Gasteiger partial charge in [0.2, 0.25) is 0 Å². The molecule has 3 amide bonds. The molecule has 0 fully saturated rings. The van der Waals surface area contributed by atoms with Gasteiger partial charge in [-0.25, -0.2) is 13.2 Å². The minimum atomic E-state index is -3.61. The summed E-state index contributed by atoms with van der Waals surface area (Å²) < 4.78 is 25.6. The molecule has 1 aliphatic heterocycles. The minimum Gasteiger partial charge on any atom is -0.348 e. The molecule has 8 heteroatoms. The molecule has 1 aliphatic rings. The van der Waals surface area contributed by atoms with E-state index < -0.39 is 9.84 Å². The Morgan fingerprint density at radius 2 is 1.75 bits per heavy atom. The van der Waals surface area contributed by atoms with E-state index >= 15 is 0 Å². The number of carbonyl (C=O) groups is 2. The largest absolute Gasteiger partial charge is 0.348 e. The maximum Gasteiger partial charge on any atom is 0.319 e. The zero-order chi connectivity index (χ0) is 22.7. The van der Waals surface area contributed by atoms with Crippen molar-refractivity contribution in [1.29, 1.82) is 0 Å². The Morgan fingerprint density at radius 3 is 2.47 bits per heavy atom. The van der Waals surface area contributed by atoms with Crippen LogP contribution in [0.5, 0.6) is 0 Å². The van der Waals surface area contributed by atoms with Crippen molar-refractivity contribution in [3.05, 3.63) is 95.1 Å². The summed E-state index contributed by atoms with van der Waals surface area (Å²) in [6.07, 6.45) is 0. The van der Waals surface area contributed by atoms with Crippen LogP contribution < -0.4 is 16.0 Å². The monoisotopic (exact) mass is 449 g/mol. The Labute approximate surface area is 186 Å². The maximum absolute atomic E-state index is 12.8. The van der Waals surface area contributed by atoms with E-state index in [9.17, 15) is 18.0 Å². The third kappa shape index (κ3) is 4.81. The number of hydrogen-bond acceptors (Lipinski definition) is 4. The fourth-order valence-corrected chi connectivity index (χ4v) is 4.92. The summed E-state index contributed by atoms with van der Waals surface area (Å²) in [5.74, 6) is -0.399. The van der Waals surface area contributed by atoms with Crippen LogP contribution in [0, 0.1) is 0 Å². The van der Waals surface area contributed by atoms with Crippen LogP contribution in [-0.2, 0) is 22.1 Å². The van der Waals surface area contributed by atoms with Gasteiger partial charge in [-0.3, -0.25) is 4.79 Å². The standard InChI is InChI=1S/C24H23N3O4S/c1-16(18-5-3-2-4-6-18)26-24(29)27-20-9-11-21(12-10-20)32(30,31)15-17-7-8-19-14-25-23(28)22(19)13-17/h2-13,16H,14-15H2,1H3,(H,25,28)(H2,26,27,29). The zero-order valence-electron chi connectivity index (χ0n) is 17.5. The lowest BCUT2D eigenvalue weighted by molar-refractivity contribution is 0.0965. The van der Waals surface area contributed by atoms with Crippen LogP contribution in [-0.4, -0.2) is 20.4 Å². The number of amides is 3. The van der Waals surface area contributed by atoms with E-state index in [0.717, 1.165) is 11.1 Å². The molecule has 3 aromatic rings. The molecule has 4 rings (SSSR count). The fraction of sp³-hybridized carbons (Fsp3) is 0.167. The van der Waals surface area contributed by atoms with E-state index in [1.807, 2.05) is 37.3 Å². The number of anilines is 1. The molecule has 0 radical (unpaired) electrons. The molecule has 164 valence electrons. The van der Waals surface area contributed by atoms with Crippen molar-refractivity contribution in [3.8, 4) is 0 Å². The smallest absolute Gasteiger partial charge is 0.319 e. The van der Waals surface area contributed by atoms with Crippen molar-refractivity contribution in [1.82, 2.24) is 10.6 Å². The van der Waals surface area contributed by atoms with Gasteiger partial charge < -0.3 is 16.0 Å². The summed E-state index contributed by atoms with van der Waals surface area (Å²) >= 11 is 0. The third-order valence-corrected chi connectivity index (χ3v) is 7.04. The predicted octanol–water partition coefficient (Wildman–Crippen LogP) is 3.79. The molecule has 0 saturated heterocycles. The summed E-state index contributed by atoms with van der Waals surface area (Å²) in [5, 5.41) is 8.28. The maximum atomic E-state index is 12.8. The molecule has 0 aromatic heterocycles. The molecule has 32 heavy (non-hydrogen) atoms. The van der Waals surface area contributed by atoms with E-state index in [1.54, 1.807) is 30.3 Å². The van der Waals surface area contributed by atoms with Crippen molar-refractivity contribution in [2.75, 3.05) is 5.32 Å². The Hall–Kier alpha value is -3.65. The topological polar surface area (TPSA) is 104 Å². The average Bonchev–Trinajstić information content (AvgIpc) is 3.14. The molecule has 1 heterocycles. The summed E-state index contributed by atoms with van der Waals surface area (Å²) in [4.78, 5) is 24.2. The quantitative estimate of drug-likeness (QED) is 0.533. The molecule has 1 unspecified atom stereocenters. The predicted molar refractivity (Wildman–Crippen MR) is 122 cm³/mol. The van der Waals surface area contributed by atoms with Crippen molar-refractivity contribution in [3.63, 3.8) is 0 Å². The van der Waals surface area contributed by atoms with Crippen LogP contribution >= 0.6 is 0 Å². The van der Waals surface area contributed by atoms with Crippen LogP contribution in [0.25, 0.3) is 0 Å². The van der Waals surface area contributed by atoms with E-state index in [0.29, 0.717) is 23.4 Å². The van der Waals surface area contributed by atoms with Crippen LogP contribution in [0.4, 0.5) is 10.5 Å².